The minimum Gasteiger partial charge on any atom is -0.493 e. The second-order valence-corrected chi connectivity index (χ2v) is 19.1. The van der Waals surface area contributed by atoms with E-state index in [1.165, 1.54) is 0 Å². The van der Waals surface area contributed by atoms with Crippen LogP contribution in [0.3, 0.4) is 0 Å². The maximum atomic E-state index is 13.2. The number of aryl methyl sites for hydroxylation is 4. The van der Waals surface area contributed by atoms with Crippen molar-refractivity contribution in [3.05, 3.63) is 131 Å². The average Bonchev–Trinajstić information content (AvgIpc) is 4.28. The summed E-state index contributed by atoms with van der Waals surface area (Å²) < 4.78 is 23.3. The topological polar surface area (TPSA) is 248 Å². The van der Waals surface area contributed by atoms with Crippen molar-refractivity contribution in [3.8, 4) is 34.1 Å². The van der Waals surface area contributed by atoms with Crippen molar-refractivity contribution in [2.45, 2.75) is 97.4 Å². The van der Waals surface area contributed by atoms with Crippen LogP contribution >= 0.6 is 0 Å². The van der Waals surface area contributed by atoms with Crippen LogP contribution in [0, 0.1) is 27.7 Å². The van der Waals surface area contributed by atoms with E-state index in [1.54, 1.807) is 9.80 Å². The fourth-order valence-corrected chi connectivity index (χ4v) is 9.79. The minimum absolute atomic E-state index is 0.0394. The molecule has 78 heavy (non-hydrogen) atoms. The molecule has 2 fully saturated rings. The lowest BCUT2D eigenvalue weighted by Gasteiger charge is -2.31. The number of hydrogen-bond donors (Lipinski definition) is 3. The molecular formula is C59H62N6O13. The van der Waals surface area contributed by atoms with Crippen LogP contribution in [-0.2, 0) is 28.8 Å². The number of carbonyl (C=O) groups excluding carboxylic acids is 8. The molecule has 4 aromatic carbocycles. The van der Waals surface area contributed by atoms with Crippen molar-refractivity contribution in [3.63, 3.8) is 0 Å². The monoisotopic (exact) mass is 1060 g/mol. The Kier molecular flexibility index (Phi) is 19.5. The molecular weight excluding hydrogens is 1000 g/mol. The molecule has 4 aliphatic rings. The Morgan fingerprint density at radius 2 is 1.17 bits per heavy atom. The molecule has 6 aromatic rings. The largest absolute Gasteiger partial charge is 0.493 e. The van der Waals surface area contributed by atoms with Crippen LogP contribution in [0.4, 0.5) is 22.7 Å². The average molecular weight is 1060 g/mol. The van der Waals surface area contributed by atoms with Gasteiger partial charge in [0.15, 0.2) is 0 Å². The molecule has 3 atom stereocenters. The molecule has 3 N–H and O–H groups in total. The van der Waals surface area contributed by atoms with E-state index < -0.39 is 6.23 Å². The van der Waals surface area contributed by atoms with Gasteiger partial charge in [0.2, 0.25) is 11.8 Å². The lowest BCUT2D eigenvalue weighted by molar-refractivity contribution is -0.193. The number of carbonyl (C=O) groups is 4. The van der Waals surface area contributed by atoms with Crippen LogP contribution in [0.15, 0.2) is 111 Å². The maximum Gasteiger partial charge on any atom is 0.373 e. The van der Waals surface area contributed by atoms with Crippen molar-refractivity contribution in [2.24, 2.45) is 4.99 Å². The zero-order valence-corrected chi connectivity index (χ0v) is 44.2. The molecule has 4 amide bonds. The molecule has 0 aliphatic carbocycles. The normalized spacial score (nSPS) is 16.6. The van der Waals surface area contributed by atoms with Gasteiger partial charge in [0, 0.05) is 73.8 Å². The van der Waals surface area contributed by atoms with Crippen LogP contribution < -0.4 is 25.0 Å². The Balaban J connectivity index is 0.000000206. The van der Waals surface area contributed by atoms with Gasteiger partial charge in [0.25, 0.3) is 11.8 Å². The summed E-state index contributed by atoms with van der Waals surface area (Å²) in [7, 11) is 1.81. The fourth-order valence-electron chi connectivity index (χ4n) is 9.79. The molecule has 6 heterocycles. The van der Waals surface area contributed by atoms with E-state index in [0.29, 0.717) is 85.1 Å². The van der Waals surface area contributed by atoms with Crippen LogP contribution in [0.5, 0.6) is 11.5 Å². The van der Waals surface area contributed by atoms with Crippen LogP contribution in [-0.4, -0.2) is 109 Å². The molecule has 0 spiro atoms. The number of aliphatic imine (C=N–C) groups is 1. The third-order valence-corrected chi connectivity index (χ3v) is 13.6. The number of fused-ring (bicyclic) bond motifs is 4. The Bertz CT molecular complexity index is 3210. The van der Waals surface area contributed by atoms with E-state index >= 15 is 0 Å². The van der Waals surface area contributed by atoms with E-state index in [9.17, 15) is 24.3 Å². The SMILES string of the molecule is Cc1ccc(-c2cccc(NC(=O)CCCOc3cc4c(cc3C)C(=O)N3CCC[C@H]3C(O)N4C)c2)o1.Cc1ccc(-c2cccc(NC(=O)CCCOc3cc4c(cc3C)C(=O)N3CCC[C@H]3C=N4)c2)o1.O=C=O.O=C=O. The standard InChI is InChI=1S/C29H33N3O5.C28H29N3O4.2CO2/c1-18-15-22-24(31(3)29(35)23-9-5-13-32(23)28(22)34)17-26(18)36-14-6-10-27(33)30-21-8-4-7-20(16-21)25-12-11-19(2)37-25;1-18-14-23-24(29-17-22-8-4-12-31(22)28(23)33)16-26(18)34-13-5-9-27(32)30-21-7-3-6-20(15-21)25-11-10-19(2)35-25;2*2-1-3/h4,7-8,11-12,15-17,23,29,35H,5-6,9-10,13-14H2,1-3H3,(H,30,33);3,6-7,10-11,14-17,22H,4-5,8-9,12-13H2,1-2H3,(H,30,32);;/t23-,29?;22-;;/m00../s1. The highest BCUT2D eigenvalue weighted by atomic mass is 16.5. The fraction of sp³-hybridized carbons (Fsp3) is 0.339. The van der Waals surface area contributed by atoms with E-state index in [1.807, 2.05) is 143 Å². The number of furan rings is 2. The summed E-state index contributed by atoms with van der Waals surface area (Å²) in [5, 5.41) is 16.8. The first kappa shape index (κ1) is 56.8. The van der Waals surface area contributed by atoms with Crippen LogP contribution in [0.25, 0.3) is 22.6 Å². The smallest absolute Gasteiger partial charge is 0.373 e. The van der Waals surface area contributed by atoms with Crippen molar-refractivity contribution < 1.29 is 61.8 Å². The lowest BCUT2D eigenvalue weighted by atomic mass is 10.1. The molecule has 1 unspecified atom stereocenters. The molecule has 406 valence electrons. The predicted octanol–water partition coefficient (Wildman–Crippen LogP) is 9.25. The van der Waals surface area contributed by atoms with E-state index in [2.05, 4.69) is 15.6 Å². The highest BCUT2D eigenvalue weighted by Gasteiger charge is 2.41. The highest BCUT2D eigenvalue weighted by molar-refractivity contribution is 6.03. The Morgan fingerprint density at radius 1 is 0.667 bits per heavy atom. The lowest BCUT2D eigenvalue weighted by Crippen LogP contribution is -2.47. The molecule has 10 rings (SSSR count). The molecule has 0 saturated carbocycles. The van der Waals surface area contributed by atoms with Gasteiger partial charge in [-0.1, -0.05) is 24.3 Å². The molecule has 19 nitrogen and oxygen atoms in total. The van der Waals surface area contributed by atoms with Crippen LogP contribution in [0.2, 0.25) is 0 Å². The van der Waals surface area contributed by atoms with Gasteiger partial charge in [-0.05, 0) is 138 Å². The Hall–Kier alpha value is -8.89. The van der Waals surface area contributed by atoms with E-state index in [4.69, 9.17) is 37.5 Å². The van der Waals surface area contributed by atoms with Crippen molar-refractivity contribution >= 4 is 64.9 Å². The number of aliphatic hydroxyl groups excluding tert-OH is 1. The summed E-state index contributed by atoms with van der Waals surface area (Å²) in [6.07, 6.45) is 7.03. The first-order chi connectivity index (χ1) is 37.6. The second kappa shape index (κ2) is 26.7. The summed E-state index contributed by atoms with van der Waals surface area (Å²) in [4.78, 5) is 93.6. The molecule has 0 bridgehead atoms. The third kappa shape index (κ3) is 14.1. The Labute approximate surface area is 451 Å². The predicted molar refractivity (Wildman–Crippen MR) is 288 cm³/mol. The van der Waals surface area contributed by atoms with E-state index in [0.717, 1.165) is 83.2 Å². The van der Waals surface area contributed by atoms with Crippen molar-refractivity contribution in [1.29, 1.82) is 0 Å². The molecule has 2 saturated heterocycles. The highest BCUT2D eigenvalue weighted by Crippen LogP contribution is 2.38. The Morgan fingerprint density at radius 3 is 1.71 bits per heavy atom. The number of rotatable bonds is 14. The maximum absolute atomic E-state index is 13.2. The van der Waals surface area contributed by atoms with Crippen molar-refractivity contribution in [2.75, 3.05) is 48.9 Å². The zero-order chi connectivity index (χ0) is 55.9. The molecule has 0 radical (unpaired) electrons. The zero-order valence-electron chi connectivity index (χ0n) is 44.2. The number of likely N-dealkylation sites (N-methyl/N-ethyl adjacent to an activating group) is 1. The number of nitrogens with one attached hydrogen (secondary N) is 2. The van der Waals surface area contributed by atoms with Gasteiger partial charge in [0.05, 0.1) is 47.8 Å². The minimum atomic E-state index is -0.762. The molecule has 2 aromatic heterocycles. The summed E-state index contributed by atoms with van der Waals surface area (Å²) in [6, 6.07) is 30.1. The van der Waals surface area contributed by atoms with Gasteiger partial charge < -0.3 is 48.7 Å². The van der Waals surface area contributed by atoms with Gasteiger partial charge in [-0.2, -0.15) is 19.2 Å². The number of ether oxygens (including phenoxy) is 2. The van der Waals surface area contributed by atoms with Gasteiger partial charge >= 0.3 is 12.3 Å². The van der Waals surface area contributed by atoms with Crippen molar-refractivity contribution in [1.82, 2.24) is 9.80 Å². The quantitative estimate of drug-likeness (QED) is 0.0861. The number of amides is 4. The first-order valence-corrected chi connectivity index (χ1v) is 25.7. The van der Waals surface area contributed by atoms with Gasteiger partial charge in [-0.15, -0.1) is 0 Å². The van der Waals surface area contributed by atoms with Crippen LogP contribution in [0.1, 0.15) is 94.7 Å². The molecule has 4 aliphatic heterocycles. The number of anilines is 3. The first-order valence-electron chi connectivity index (χ1n) is 25.7. The second-order valence-electron chi connectivity index (χ2n) is 19.1. The number of aliphatic hydroxyl groups is 1. The summed E-state index contributed by atoms with van der Waals surface area (Å²) in [6.45, 7) is 9.83. The number of nitrogens with zero attached hydrogens (tertiary/aromatic N) is 4. The summed E-state index contributed by atoms with van der Waals surface area (Å²) in [5.41, 5.74) is 7.52. The number of benzene rings is 4. The van der Waals surface area contributed by atoms with Gasteiger partial charge in [-0.3, -0.25) is 24.2 Å². The molecule has 19 heteroatoms. The summed E-state index contributed by atoms with van der Waals surface area (Å²) >= 11 is 0. The van der Waals surface area contributed by atoms with Gasteiger partial charge in [-0.25, -0.2) is 0 Å². The summed E-state index contributed by atoms with van der Waals surface area (Å²) in [5.74, 6) is 4.39. The van der Waals surface area contributed by atoms with E-state index in [-0.39, 0.29) is 48.0 Å². The third-order valence-electron chi connectivity index (χ3n) is 13.6. The van der Waals surface area contributed by atoms with Gasteiger partial charge in [0.1, 0.15) is 40.8 Å². The number of hydrogen-bond acceptors (Lipinski definition) is 15.